The van der Waals surface area contributed by atoms with Gasteiger partial charge in [0.05, 0.1) is 23.2 Å². The fourth-order valence-corrected chi connectivity index (χ4v) is 4.71. The van der Waals surface area contributed by atoms with E-state index in [0.717, 1.165) is 13.0 Å². The molecule has 1 aromatic heterocycles. The Kier molecular flexibility index (Phi) is 9.00. The van der Waals surface area contributed by atoms with Crippen LogP contribution in [-0.4, -0.2) is 46.5 Å². The van der Waals surface area contributed by atoms with Crippen LogP contribution in [0.5, 0.6) is 5.75 Å². The number of aliphatic hydroxyl groups is 1. The number of aromatic nitrogens is 1. The van der Waals surface area contributed by atoms with Crippen molar-refractivity contribution in [2.75, 3.05) is 19.7 Å². The van der Waals surface area contributed by atoms with E-state index in [1.54, 1.807) is 28.8 Å². The number of aliphatic hydroxyl groups excluding tert-OH is 1. The van der Waals surface area contributed by atoms with E-state index >= 15 is 0 Å². The number of aromatic carboxylic acids is 1. The highest BCUT2D eigenvalue weighted by molar-refractivity contribution is 6.30. The third kappa shape index (κ3) is 5.52. The summed E-state index contributed by atoms with van der Waals surface area (Å²) in [4.78, 5) is 25.1. The van der Waals surface area contributed by atoms with Crippen LogP contribution in [0.2, 0.25) is 5.02 Å². The zero-order valence-corrected chi connectivity index (χ0v) is 21.5. The maximum Gasteiger partial charge on any atom is 0.341 e. The molecule has 194 valence electrons. The molecule has 1 saturated heterocycles. The Bertz CT molecular complexity index is 1320. The number of nitrogens with zero attached hydrogens (tertiary/aromatic N) is 1. The number of benzene rings is 2. The predicted octanol–water partition coefficient (Wildman–Crippen LogP) is 4.43. The number of carbonyl (C=O) groups is 1. The van der Waals surface area contributed by atoms with Crippen LogP contribution in [0.15, 0.2) is 41.3 Å². The lowest BCUT2D eigenvalue weighted by atomic mass is 9.98. The number of hydrogen-bond acceptors (Lipinski definition) is 5. The van der Waals surface area contributed by atoms with Crippen molar-refractivity contribution >= 4 is 40.9 Å². The lowest BCUT2D eigenvalue weighted by Crippen LogP contribution is -2.26. The first-order chi connectivity index (χ1) is 16.7. The standard InChI is InChI=1S/C26H28ClFN2O5.ClH/c1-14(2)22(13-31)30-12-19(26(33)34)25(32)18-9-16(8-15-4-3-5-20(27)24(15)28)23(10-21(18)30)35-17-6-7-29-11-17;/h3-5,9-10,12,14,17,22,29,31H,6-8,11,13H2,1-2H3,(H,33,34);1H/t17-,22+;/m0./s1. The predicted molar refractivity (Wildman–Crippen MR) is 139 cm³/mol. The molecular weight excluding hydrogens is 510 g/mol. The van der Waals surface area contributed by atoms with Gasteiger partial charge in [-0.1, -0.05) is 37.6 Å². The number of ether oxygens (including phenoxy) is 1. The SMILES string of the molecule is CC(C)[C@@H](CO)n1cc(C(=O)O)c(=O)c2cc(Cc3cccc(Cl)c3F)c(O[C@H]3CCNC3)cc21.Cl. The molecule has 7 nitrogen and oxygen atoms in total. The highest BCUT2D eigenvalue weighted by Gasteiger charge is 2.25. The van der Waals surface area contributed by atoms with E-state index in [2.05, 4.69) is 5.32 Å². The van der Waals surface area contributed by atoms with Crippen molar-refractivity contribution in [1.82, 2.24) is 9.88 Å². The van der Waals surface area contributed by atoms with Gasteiger partial charge in [-0.05, 0) is 42.1 Å². The molecule has 1 aliphatic rings. The molecule has 0 aliphatic carbocycles. The molecule has 1 aliphatic heterocycles. The van der Waals surface area contributed by atoms with Crippen LogP contribution in [0.3, 0.4) is 0 Å². The molecule has 1 fully saturated rings. The summed E-state index contributed by atoms with van der Waals surface area (Å²) < 4.78 is 22.7. The van der Waals surface area contributed by atoms with Gasteiger partial charge in [-0.2, -0.15) is 0 Å². The second kappa shape index (κ2) is 11.6. The summed E-state index contributed by atoms with van der Waals surface area (Å²) in [5.74, 6) is -1.48. The number of carboxylic acids is 1. The highest BCUT2D eigenvalue weighted by atomic mass is 35.5. The minimum Gasteiger partial charge on any atom is -0.489 e. The minimum atomic E-state index is -1.36. The summed E-state index contributed by atoms with van der Waals surface area (Å²) in [5, 5.41) is 23.2. The summed E-state index contributed by atoms with van der Waals surface area (Å²) >= 11 is 5.98. The number of hydrogen-bond donors (Lipinski definition) is 3. The van der Waals surface area contributed by atoms with Crippen LogP contribution in [0.25, 0.3) is 10.9 Å². The van der Waals surface area contributed by atoms with Crippen LogP contribution in [-0.2, 0) is 6.42 Å². The van der Waals surface area contributed by atoms with E-state index in [1.165, 1.54) is 12.3 Å². The molecule has 0 unspecified atom stereocenters. The molecule has 3 N–H and O–H groups in total. The molecule has 10 heteroatoms. The Morgan fingerprint density at radius 2 is 2.06 bits per heavy atom. The lowest BCUT2D eigenvalue weighted by molar-refractivity contribution is 0.0694. The average molecular weight is 539 g/mol. The van der Waals surface area contributed by atoms with Gasteiger partial charge in [0, 0.05) is 30.6 Å². The van der Waals surface area contributed by atoms with Crippen molar-refractivity contribution < 1.29 is 24.1 Å². The number of carboxylic acid groups (broad SMARTS) is 1. The monoisotopic (exact) mass is 538 g/mol. The fraction of sp³-hybridized carbons (Fsp3) is 0.385. The Morgan fingerprint density at radius 3 is 2.67 bits per heavy atom. The quantitative estimate of drug-likeness (QED) is 0.392. The van der Waals surface area contributed by atoms with Gasteiger partial charge in [0.1, 0.15) is 23.2 Å². The Hall–Kier alpha value is -2.65. The van der Waals surface area contributed by atoms with Gasteiger partial charge in [-0.25, -0.2) is 9.18 Å². The summed E-state index contributed by atoms with van der Waals surface area (Å²) in [6, 6.07) is 7.53. The molecule has 3 aromatic rings. The van der Waals surface area contributed by atoms with Crippen LogP contribution in [0.4, 0.5) is 4.39 Å². The van der Waals surface area contributed by atoms with Crippen molar-refractivity contribution in [3.8, 4) is 5.75 Å². The van der Waals surface area contributed by atoms with Gasteiger partial charge >= 0.3 is 5.97 Å². The fourth-order valence-electron chi connectivity index (χ4n) is 4.51. The molecular formula is C26H29Cl2FN2O5. The van der Waals surface area contributed by atoms with Crippen LogP contribution in [0, 0.1) is 11.7 Å². The van der Waals surface area contributed by atoms with E-state index in [4.69, 9.17) is 16.3 Å². The number of halogens is 3. The third-order valence-electron chi connectivity index (χ3n) is 6.48. The molecule has 2 aromatic carbocycles. The van der Waals surface area contributed by atoms with E-state index in [-0.39, 0.29) is 47.9 Å². The number of pyridine rings is 1. The Morgan fingerprint density at radius 1 is 1.31 bits per heavy atom. The summed E-state index contributed by atoms with van der Waals surface area (Å²) in [7, 11) is 0. The Balaban J connectivity index is 0.00000361. The van der Waals surface area contributed by atoms with E-state index in [9.17, 15) is 24.2 Å². The van der Waals surface area contributed by atoms with E-state index < -0.39 is 28.8 Å². The number of rotatable bonds is 8. The third-order valence-corrected chi connectivity index (χ3v) is 6.77. The van der Waals surface area contributed by atoms with E-state index in [1.807, 2.05) is 13.8 Å². The first kappa shape index (κ1) is 27.9. The maximum absolute atomic E-state index is 14.7. The van der Waals surface area contributed by atoms with Crippen LogP contribution in [0.1, 0.15) is 47.8 Å². The first-order valence-corrected chi connectivity index (χ1v) is 11.9. The highest BCUT2D eigenvalue weighted by Crippen LogP contribution is 2.32. The van der Waals surface area contributed by atoms with Gasteiger partial charge < -0.3 is 24.8 Å². The molecule has 0 amide bonds. The van der Waals surface area contributed by atoms with E-state index in [0.29, 0.717) is 28.9 Å². The van der Waals surface area contributed by atoms with Crippen molar-refractivity contribution in [1.29, 1.82) is 0 Å². The Labute approximate surface area is 219 Å². The normalized spacial score (nSPS) is 16.2. The van der Waals surface area contributed by atoms with Gasteiger partial charge in [-0.3, -0.25) is 4.79 Å². The number of nitrogens with one attached hydrogen (secondary N) is 1. The molecule has 0 radical (unpaired) electrons. The van der Waals surface area contributed by atoms with Crippen molar-refractivity contribution in [3.63, 3.8) is 0 Å². The second-order valence-corrected chi connectivity index (χ2v) is 9.58. The van der Waals surface area contributed by atoms with Crippen LogP contribution < -0.4 is 15.5 Å². The maximum atomic E-state index is 14.7. The second-order valence-electron chi connectivity index (χ2n) is 9.18. The zero-order chi connectivity index (χ0) is 25.3. The smallest absolute Gasteiger partial charge is 0.341 e. The molecule has 4 rings (SSSR count). The molecule has 0 saturated carbocycles. The summed E-state index contributed by atoms with van der Waals surface area (Å²) in [5.41, 5.74) is 0.276. The molecule has 36 heavy (non-hydrogen) atoms. The average Bonchev–Trinajstić information content (AvgIpc) is 3.32. The van der Waals surface area contributed by atoms with Gasteiger partial charge in [0.2, 0.25) is 5.43 Å². The van der Waals surface area contributed by atoms with Crippen LogP contribution >= 0.6 is 24.0 Å². The van der Waals surface area contributed by atoms with Gasteiger partial charge in [0.15, 0.2) is 0 Å². The topological polar surface area (TPSA) is 101 Å². The van der Waals surface area contributed by atoms with Crippen molar-refractivity contribution in [2.24, 2.45) is 5.92 Å². The number of fused-ring (bicyclic) bond motifs is 1. The largest absolute Gasteiger partial charge is 0.489 e. The summed E-state index contributed by atoms with van der Waals surface area (Å²) in [6.45, 7) is 5.03. The molecule has 2 atom stereocenters. The zero-order valence-electron chi connectivity index (χ0n) is 20.0. The molecule has 0 bridgehead atoms. The first-order valence-electron chi connectivity index (χ1n) is 11.6. The lowest BCUT2D eigenvalue weighted by Gasteiger charge is -2.26. The van der Waals surface area contributed by atoms with Gasteiger partial charge in [0.25, 0.3) is 0 Å². The van der Waals surface area contributed by atoms with Gasteiger partial charge in [-0.15, -0.1) is 12.4 Å². The van der Waals surface area contributed by atoms with Crippen molar-refractivity contribution in [3.05, 3.63) is 74.3 Å². The minimum absolute atomic E-state index is 0. The molecule has 0 spiro atoms. The van der Waals surface area contributed by atoms with Crippen molar-refractivity contribution in [2.45, 2.75) is 38.8 Å². The summed E-state index contributed by atoms with van der Waals surface area (Å²) in [6.07, 6.45) is 2.07. The molecule has 2 heterocycles.